The number of pyridine rings is 2. The Labute approximate surface area is 178 Å². The highest BCUT2D eigenvalue weighted by molar-refractivity contribution is 5.22. The van der Waals surface area contributed by atoms with Crippen LogP contribution in [0.4, 0.5) is 0 Å². The van der Waals surface area contributed by atoms with E-state index in [0.717, 1.165) is 24.5 Å². The molecule has 150 valence electrons. The smallest absolute Gasteiger partial charge is 0.0711 e. The van der Waals surface area contributed by atoms with Crippen LogP contribution < -0.4 is 10.6 Å². The van der Waals surface area contributed by atoms with E-state index in [0.29, 0.717) is 0 Å². The molecule has 2 aromatic carbocycles. The van der Waals surface area contributed by atoms with Crippen LogP contribution >= 0.6 is 0 Å². The van der Waals surface area contributed by atoms with Crippen molar-refractivity contribution in [1.29, 1.82) is 0 Å². The van der Waals surface area contributed by atoms with Crippen LogP contribution in [0.5, 0.6) is 0 Å². The first-order valence-corrected chi connectivity index (χ1v) is 10.3. The standard InChI is InChI=1S/C26H26N4/c1-3-11-21(12-4-1)19-29-25(23-15-7-9-17-27-23)26(24-16-8-10-18-28-24)30-20-22-13-5-2-6-14-22/h1-18,25-26,29-30H,19-20H2/t25-,26+. The number of benzene rings is 2. The van der Waals surface area contributed by atoms with E-state index >= 15 is 0 Å². The Kier molecular flexibility index (Phi) is 6.94. The molecule has 0 aliphatic rings. The minimum Gasteiger partial charge on any atom is -0.303 e. The quantitative estimate of drug-likeness (QED) is 0.427. The molecule has 2 atom stereocenters. The predicted octanol–water partition coefficient (Wildman–Crippen LogP) is 4.84. The van der Waals surface area contributed by atoms with Gasteiger partial charge in [0.25, 0.3) is 0 Å². The van der Waals surface area contributed by atoms with Crippen molar-refractivity contribution >= 4 is 0 Å². The topological polar surface area (TPSA) is 49.8 Å². The van der Waals surface area contributed by atoms with Crippen molar-refractivity contribution in [2.24, 2.45) is 0 Å². The molecule has 0 spiro atoms. The average Bonchev–Trinajstić information content (AvgIpc) is 2.83. The van der Waals surface area contributed by atoms with E-state index in [-0.39, 0.29) is 12.1 Å². The predicted molar refractivity (Wildman–Crippen MR) is 121 cm³/mol. The maximum Gasteiger partial charge on any atom is 0.0711 e. The van der Waals surface area contributed by atoms with Crippen LogP contribution in [0.15, 0.2) is 109 Å². The van der Waals surface area contributed by atoms with Gasteiger partial charge in [0.2, 0.25) is 0 Å². The number of aromatic nitrogens is 2. The lowest BCUT2D eigenvalue weighted by Crippen LogP contribution is -2.36. The van der Waals surface area contributed by atoms with Gasteiger partial charge in [-0.2, -0.15) is 0 Å². The third-order valence-corrected chi connectivity index (χ3v) is 5.08. The van der Waals surface area contributed by atoms with Gasteiger partial charge >= 0.3 is 0 Å². The molecule has 30 heavy (non-hydrogen) atoms. The normalized spacial score (nSPS) is 12.9. The average molecular weight is 395 g/mol. The summed E-state index contributed by atoms with van der Waals surface area (Å²) in [4.78, 5) is 9.32. The molecule has 4 rings (SSSR count). The van der Waals surface area contributed by atoms with E-state index in [1.807, 2.05) is 48.8 Å². The number of hydrogen-bond acceptors (Lipinski definition) is 4. The van der Waals surface area contributed by atoms with Crippen LogP contribution in [0, 0.1) is 0 Å². The van der Waals surface area contributed by atoms with Gasteiger partial charge in [-0.15, -0.1) is 0 Å². The second-order valence-electron chi connectivity index (χ2n) is 7.20. The molecule has 0 unspecified atom stereocenters. The second kappa shape index (κ2) is 10.4. The zero-order valence-corrected chi connectivity index (χ0v) is 16.9. The van der Waals surface area contributed by atoms with Crippen LogP contribution in [0.3, 0.4) is 0 Å². The lowest BCUT2D eigenvalue weighted by Gasteiger charge is -2.29. The van der Waals surface area contributed by atoms with E-state index in [1.54, 1.807) is 0 Å². The van der Waals surface area contributed by atoms with Gasteiger partial charge in [0.05, 0.1) is 23.5 Å². The van der Waals surface area contributed by atoms with Crippen LogP contribution in [-0.4, -0.2) is 9.97 Å². The molecule has 2 heterocycles. The molecule has 0 bridgehead atoms. The Bertz CT molecular complexity index is 907. The summed E-state index contributed by atoms with van der Waals surface area (Å²) < 4.78 is 0. The summed E-state index contributed by atoms with van der Waals surface area (Å²) in [6.45, 7) is 1.50. The molecule has 0 aliphatic carbocycles. The highest BCUT2D eigenvalue weighted by Crippen LogP contribution is 2.27. The third kappa shape index (κ3) is 5.38. The van der Waals surface area contributed by atoms with Gasteiger partial charge in [-0.1, -0.05) is 72.8 Å². The van der Waals surface area contributed by atoms with Gasteiger partial charge in [0.15, 0.2) is 0 Å². The van der Waals surface area contributed by atoms with Crippen molar-refractivity contribution in [2.45, 2.75) is 25.2 Å². The fourth-order valence-electron chi connectivity index (χ4n) is 3.55. The van der Waals surface area contributed by atoms with Crippen molar-refractivity contribution in [3.63, 3.8) is 0 Å². The molecular weight excluding hydrogens is 368 g/mol. The first kappa shape index (κ1) is 20.0. The summed E-state index contributed by atoms with van der Waals surface area (Å²) in [6.07, 6.45) is 3.69. The van der Waals surface area contributed by atoms with Gasteiger partial charge in [-0.25, -0.2) is 0 Å². The van der Waals surface area contributed by atoms with Crippen LogP contribution in [0.2, 0.25) is 0 Å². The Morgan fingerprint density at radius 1 is 0.500 bits per heavy atom. The summed E-state index contributed by atoms with van der Waals surface area (Å²) >= 11 is 0. The molecule has 0 amide bonds. The molecule has 4 nitrogen and oxygen atoms in total. The monoisotopic (exact) mass is 394 g/mol. The zero-order chi connectivity index (χ0) is 20.4. The van der Waals surface area contributed by atoms with Gasteiger partial charge in [-0.05, 0) is 35.4 Å². The summed E-state index contributed by atoms with van der Waals surface area (Å²) in [5.41, 5.74) is 4.46. The molecule has 2 N–H and O–H groups in total. The minimum absolute atomic E-state index is 0.0370. The Balaban J connectivity index is 1.63. The highest BCUT2D eigenvalue weighted by Gasteiger charge is 2.26. The molecule has 4 aromatic rings. The van der Waals surface area contributed by atoms with Gasteiger partial charge < -0.3 is 10.6 Å². The minimum atomic E-state index is -0.0370. The maximum absolute atomic E-state index is 4.66. The fourth-order valence-corrected chi connectivity index (χ4v) is 3.55. The van der Waals surface area contributed by atoms with Crippen molar-refractivity contribution in [3.05, 3.63) is 132 Å². The zero-order valence-electron chi connectivity index (χ0n) is 16.9. The number of hydrogen-bond donors (Lipinski definition) is 2. The van der Waals surface area contributed by atoms with Crippen molar-refractivity contribution in [2.75, 3.05) is 0 Å². The van der Waals surface area contributed by atoms with Crippen molar-refractivity contribution < 1.29 is 0 Å². The number of nitrogens with one attached hydrogen (secondary N) is 2. The van der Waals surface area contributed by atoms with Gasteiger partial charge in [-0.3, -0.25) is 9.97 Å². The third-order valence-electron chi connectivity index (χ3n) is 5.08. The molecule has 2 aromatic heterocycles. The maximum atomic E-state index is 4.66. The van der Waals surface area contributed by atoms with Crippen LogP contribution in [-0.2, 0) is 13.1 Å². The molecule has 4 heteroatoms. The molecule has 0 aliphatic heterocycles. The van der Waals surface area contributed by atoms with Crippen molar-refractivity contribution in [3.8, 4) is 0 Å². The van der Waals surface area contributed by atoms with Crippen LogP contribution in [0.1, 0.15) is 34.6 Å². The van der Waals surface area contributed by atoms with Crippen molar-refractivity contribution in [1.82, 2.24) is 20.6 Å². The fraction of sp³-hybridized carbons (Fsp3) is 0.154. The van der Waals surface area contributed by atoms with E-state index < -0.39 is 0 Å². The first-order chi connectivity index (χ1) is 14.9. The Morgan fingerprint density at radius 3 is 1.27 bits per heavy atom. The molecular formula is C26H26N4. The number of rotatable bonds is 9. The molecule has 0 saturated carbocycles. The van der Waals surface area contributed by atoms with Gasteiger partial charge in [0.1, 0.15) is 0 Å². The van der Waals surface area contributed by atoms with Crippen LogP contribution in [0.25, 0.3) is 0 Å². The number of nitrogens with zero attached hydrogens (tertiary/aromatic N) is 2. The Morgan fingerprint density at radius 2 is 0.900 bits per heavy atom. The largest absolute Gasteiger partial charge is 0.303 e. The van der Waals surface area contributed by atoms with Gasteiger partial charge in [0, 0.05) is 25.5 Å². The second-order valence-corrected chi connectivity index (χ2v) is 7.20. The van der Waals surface area contributed by atoms with E-state index in [9.17, 15) is 0 Å². The SMILES string of the molecule is c1ccc(CN[C@H](c2ccccn2)[C@@H](NCc2ccccc2)c2ccccn2)cc1. The summed E-state index contributed by atoms with van der Waals surface area (Å²) in [7, 11) is 0. The lowest BCUT2D eigenvalue weighted by molar-refractivity contribution is 0.368. The lowest BCUT2D eigenvalue weighted by atomic mass is 9.99. The van der Waals surface area contributed by atoms with E-state index in [1.165, 1.54) is 11.1 Å². The summed E-state index contributed by atoms with van der Waals surface area (Å²) in [5.74, 6) is 0. The summed E-state index contributed by atoms with van der Waals surface area (Å²) in [6, 6.07) is 32.9. The molecule has 0 radical (unpaired) electrons. The first-order valence-electron chi connectivity index (χ1n) is 10.3. The summed E-state index contributed by atoms with van der Waals surface area (Å²) in [5, 5.41) is 7.44. The Hall–Kier alpha value is -3.34. The molecule has 0 saturated heterocycles. The van der Waals surface area contributed by atoms with E-state index in [4.69, 9.17) is 0 Å². The molecule has 0 fully saturated rings. The highest BCUT2D eigenvalue weighted by atomic mass is 15.1. The van der Waals surface area contributed by atoms with E-state index in [2.05, 4.69) is 81.3 Å².